The second kappa shape index (κ2) is 9.25. The maximum absolute atomic E-state index is 13.6. The van der Waals surface area contributed by atoms with E-state index in [0.717, 1.165) is 42.6 Å². The monoisotopic (exact) mass is 404 g/mol. The highest BCUT2D eigenvalue weighted by molar-refractivity contribution is 6.30. The number of amides is 1. The summed E-state index contributed by atoms with van der Waals surface area (Å²) in [6, 6.07) is 27.4. The molecule has 4 rings (SSSR count). The average Bonchev–Trinajstić information content (AvgIpc) is 3.29. The average molecular weight is 405 g/mol. The maximum Gasteiger partial charge on any atom is 0.242 e. The van der Waals surface area contributed by atoms with E-state index in [1.165, 1.54) is 0 Å². The van der Waals surface area contributed by atoms with Gasteiger partial charge in [0.2, 0.25) is 5.91 Å². The molecule has 0 spiro atoms. The Morgan fingerprint density at radius 2 is 1.28 bits per heavy atom. The first-order valence-electron chi connectivity index (χ1n) is 10.1. The normalized spacial score (nSPS) is 15.4. The van der Waals surface area contributed by atoms with E-state index in [0.29, 0.717) is 5.02 Å². The van der Waals surface area contributed by atoms with Crippen molar-refractivity contribution in [3.8, 4) is 0 Å². The number of likely N-dealkylation sites (tertiary alicyclic amines) is 1. The zero-order chi connectivity index (χ0) is 20.1. The summed E-state index contributed by atoms with van der Waals surface area (Å²) < 4.78 is 0. The molecule has 148 valence electrons. The molecule has 29 heavy (non-hydrogen) atoms. The van der Waals surface area contributed by atoms with Crippen LogP contribution in [0.5, 0.6) is 0 Å². The number of carbonyl (C=O) groups is 1. The molecular weight excluding hydrogens is 380 g/mol. The summed E-state index contributed by atoms with van der Waals surface area (Å²) in [7, 11) is 0. The van der Waals surface area contributed by atoms with Gasteiger partial charge in [0.1, 0.15) is 6.04 Å². The van der Waals surface area contributed by atoms with E-state index in [9.17, 15) is 4.79 Å². The molecular formula is C25H25ClN2O. The number of nitrogens with zero attached hydrogens (tertiary/aromatic N) is 1. The third-order valence-electron chi connectivity index (χ3n) is 5.49. The van der Waals surface area contributed by atoms with Crippen LogP contribution in [-0.2, 0) is 4.79 Å². The molecule has 1 aliphatic heterocycles. The lowest BCUT2D eigenvalue weighted by molar-refractivity contribution is -0.126. The number of benzene rings is 3. The highest BCUT2D eigenvalue weighted by Gasteiger charge is 2.31. The van der Waals surface area contributed by atoms with Gasteiger partial charge in [0.25, 0.3) is 0 Å². The highest BCUT2D eigenvalue weighted by Crippen LogP contribution is 2.29. The van der Waals surface area contributed by atoms with Gasteiger partial charge in [-0.05, 0) is 54.8 Å². The molecule has 1 aliphatic rings. The predicted octanol–water partition coefficient (Wildman–Crippen LogP) is 5.38. The predicted molar refractivity (Wildman–Crippen MR) is 118 cm³/mol. The van der Waals surface area contributed by atoms with Crippen LogP contribution >= 0.6 is 11.6 Å². The van der Waals surface area contributed by atoms with Crippen molar-refractivity contribution in [2.45, 2.75) is 24.9 Å². The van der Waals surface area contributed by atoms with Gasteiger partial charge < -0.3 is 5.32 Å². The molecule has 1 amide bonds. The first-order valence-corrected chi connectivity index (χ1v) is 10.5. The molecule has 0 aromatic heterocycles. The Labute approximate surface area is 177 Å². The SMILES string of the molecule is O=C(NC(c1ccccc1)c1ccccc1)C(c1ccc(Cl)cc1)N1CCCC1. The van der Waals surface area contributed by atoms with Crippen LogP contribution in [0.25, 0.3) is 0 Å². The molecule has 3 aromatic carbocycles. The molecule has 1 unspecified atom stereocenters. The number of hydrogen-bond donors (Lipinski definition) is 1. The van der Waals surface area contributed by atoms with Crippen molar-refractivity contribution in [1.29, 1.82) is 0 Å². The van der Waals surface area contributed by atoms with Gasteiger partial charge in [-0.2, -0.15) is 0 Å². The fourth-order valence-corrected chi connectivity index (χ4v) is 4.17. The van der Waals surface area contributed by atoms with E-state index < -0.39 is 0 Å². The minimum Gasteiger partial charge on any atom is -0.344 e. The summed E-state index contributed by atoms with van der Waals surface area (Å²) in [4.78, 5) is 15.9. The second-order valence-corrected chi connectivity index (χ2v) is 7.90. The van der Waals surface area contributed by atoms with Crippen LogP contribution in [0, 0.1) is 0 Å². The first kappa shape index (κ1) is 19.7. The topological polar surface area (TPSA) is 32.3 Å². The molecule has 1 heterocycles. The molecule has 4 heteroatoms. The molecule has 3 aromatic rings. The Bertz CT molecular complexity index is 883. The Morgan fingerprint density at radius 3 is 1.79 bits per heavy atom. The summed E-state index contributed by atoms with van der Waals surface area (Å²) in [6.45, 7) is 1.87. The van der Waals surface area contributed by atoms with Gasteiger partial charge in [-0.15, -0.1) is 0 Å². The Morgan fingerprint density at radius 1 is 0.759 bits per heavy atom. The summed E-state index contributed by atoms with van der Waals surface area (Å²) in [5.41, 5.74) is 3.13. The minimum absolute atomic E-state index is 0.0203. The van der Waals surface area contributed by atoms with Crippen molar-refractivity contribution in [2.24, 2.45) is 0 Å². The number of carbonyl (C=O) groups excluding carboxylic acids is 1. The molecule has 0 radical (unpaired) electrons. The van der Waals surface area contributed by atoms with E-state index in [1.54, 1.807) is 0 Å². The van der Waals surface area contributed by atoms with Crippen LogP contribution in [0.2, 0.25) is 5.02 Å². The molecule has 1 N–H and O–H groups in total. The molecule has 1 saturated heterocycles. The lowest BCUT2D eigenvalue weighted by atomic mass is 9.97. The van der Waals surface area contributed by atoms with E-state index in [2.05, 4.69) is 34.5 Å². The van der Waals surface area contributed by atoms with E-state index >= 15 is 0 Å². The van der Waals surface area contributed by atoms with Crippen LogP contribution in [-0.4, -0.2) is 23.9 Å². The molecule has 0 aliphatic carbocycles. The minimum atomic E-state index is -0.315. The lowest BCUT2D eigenvalue weighted by Gasteiger charge is -2.29. The van der Waals surface area contributed by atoms with Gasteiger partial charge in [-0.3, -0.25) is 9.69 Å². The van der Waals surface area contributed by atoms with Crippen molar-refractivity contribution in [2.75, 3.05) is 13.1 Å². The van der Waals surface area contributed by atoms with Crippen molar-refractivity contribution >= 4 is 17.5 Å². The number of hydrogen-bond acceptors (Lipinski definition) is 2. The van der Waals surface area contributed by atoms with Gasteiger partial charge in [-0.1, -0.05) is 84.4 Å². The second-order valence-electron chi connectivity index (χ2n) is 7.46. The molecule has 1 atom stereocenters. The van der Waals surface area contributed by atoms with Gasteiger partial charge in [0.15, 0.2) is 0 Å². The Balaban J connectivity index is 1.66. The summed E-state index contributed by atoms with van der Waals surface area (Å²) >= 11 is 6.09. The van der Waals surface area contributed by atoms with Crippen molar-refractivity contribution in [3.05, 3.63) is 107 Å². The number of halogens is 1. The van der Waals surface area contributed by atoms with E-state index in [4.69, 9.17) is 11.6 Å². The largest absolute Gasteiger partial charge is 0.344 e. The standard InChI is InChI=1S/C25H25ClN2O/c26-22-15-13-21(14-16-22)24(28-17-7-8-18-28)25(29)27-23(19-9-3-1-4-10-19)20-11-5-2-6-12-20/h1-6,9-16,23-24H,7-8,17-18H2,(H,27,29). The molecule has 0 saturated carbocycles. The highest BCUT2D eigenvalue weighted by atomic mass is 35.5. The fourth-order valence-electron chi connectivity index (χ4n) is 4.04. The van der Waals surface area contributed by atoms with E-state index in [-0.39, 0.29) is 18.0 Å². The van der Waals surface area contributed by atoms with Crippen LogP contribution < -0.4 is 5.32 Å². The molecule has 0 bridgehead atoms. The summed E-state index contributed by atoms with van der Waals surface area (Å²) in [5, 5.41) is 4.01. The fraction of sp³-hybridized carbons (Fsp3) is 0.240. The zero-order valence-corrected chi connectivity index (χ0v) is 17.1. The van der Waals surface area contributed by atoms with Crippen LogP contribution in [0.3, 0.4) is 0 Å². The van der Waals surface area contributed by atoms with Gasteiger partial charge >= 0.3 is 0 Å². The van der Waals surface area contributed by atoms with Crippen molar-refractivity contribution < 1.29 is 4.79 Å². The zero-order valence-electron chi connectivity index (χ0n) is 16.3. The van der Waals surface area contributed by atoms with E-state index in [1.807, 2.05) is 60.7 Å². The first-order chi connectivity index (χ1) is 14.2. The number of rotatable bonds is 6. The third-order valence-corrected chi connectivity index (χ3v) is 5.74. The Hall–Kier alpha value is -2.62. The summed E-state index contributed by atoms with van der Waals surface area (Å²) in [6.07, 6.45) is 2.25. The molecule has 1 fully saturated rings. The van der Waals surface area contributed by atoms with Gasteiger partial charge in [0, 0.05) is 5.02 Å². The summed E-state index contributed by atoms with van der Waals surface area (Å²) in [5.74, 6) is 0.0203. The van der Waals surface area contributed by atoms with Gasteiger partial charge in [-0.25, -0.2) is 0 Å². The van der Waals surface area contributed by atoms with Crippen LogP contribution in [0.4, 0.5) is 0 Å². The lowest BCUT2D eigenvalue weighted by Crippen LogP contribution is -2.41. The van der Waals surface area contributed by atoms with Crippen LogP contribution in [0.15, 0.2) is 84.9 Å². The smallest absolute Gasteiger partial charge is 0.242 e. The Kier molecular flexibility index (Phi) is 6.28. The van der Waals surface area contributed by atoms with Crippen molar-refractivity contribution in [1.82, 2.24) is 10.2 Å². The van der Waals surface area contributed by atoms with Crippen LogP contribution in [0.1, 0.15) is 41.6 Å². The van der Waals surface area contributed by atoms with Gasteiger partial charge in [0.05, 0.1) is 6.04 Å². The maximum atomic E-state index is 13.6. The third kappa shape index (κ3) is 4.69. The van der Waals surface area contributed by atoms with Crippen molar-refractivity contribution in [3.63, 3.8) is 0 Å². The number of nitrogens with one attached hydrogen (secondary N) is 1. The molecule has 3 nitrogen and oxygen atoms in total. The quantitative estimate of drug-likeness (QED) is 0.598.